The van der Waals surface area contributed by atoms with E-state index in [1.54, 1.807) is 18.2 Å². The summed E-state index contributed by atoms with van der Waals surface area (Å²) in [6.07, 6.45) is 0.811. The van der Waals surface area contributed by atoms with E-state index in [-0.39, 0.29) is 17.9 Å². The number of amides is 1. The first-order valence-electron chi connectivity index (χ1n) is 8.43. The van der Waals surface area contributed by atoms with Crippen LogP contribution in [0.15, 0.2) is 22.7 Å². The Labute approximate surface area is 157 Å². The summed E-state index contributed by atoms with van der Waals surface area (Å²) in [6.45, 7) is 7.24. The van der Waals surface area contributed by atoms with Gasteiger partial charge in [-0.2, -0.15) is 0 Å². The minimum absolute atomic E-state index is 0.0188. The van der Waals surface area contributed by atoms with Crippen LogP contribution < -0.4 is 20.1 Å². The van der Waals surface area contributed by atoms with E-state index in [4.69, 9.17) is 25.6 Å². The zero-order valence-electron chi connectivity index (χ0n) is 15.0. The van der Waals surface area contributed by atoms with Crippen molar-refractivity contribution in [2.24, 2.45) is 0 Å². The van der Waals surface area contributed by atoms with Crippen LogP contribution in [0.1, 0.15) is 32.9 Å². The topological polar surface area (TPSA) is 85.6 Å². The molecule has 0 radical (unpaired) electrons. The van der Waals surface area contributed by atoms with Gasteiger partial charge in [0.2, 0.25) is 11.8 Å². The van der Waals surface area contributed by atoms with Gasteiger partial charge in [0.1, 0.15) is 0 Å². The second-order valence-electron chi connectivity index (χ2n) is 7.06. The molecule has 0 fully saturated rings. The molecule has 2 heterocycles. The highest BCUT2D eigenvalue weighted by molar-refractivity contribution is 6.33. The number of anilines is 2. The molecule has 1 aromatic carbocycles. The zero-order chi connectivity index (χ0) is 18.7. The third-order valence-corrected chi connectivity index (χ3v) is 4.13. The number of ether oxygens (including phenoxy) is 2. The quantitative estimate of drug-likeness (QED) is 0.839. The van der Waals surface area contributed by atoms with Crippen LogP contribution in [0.2, 0.25) is 5.02 Å². The minimum Gasteiger partial charge on any atom is -0.490 e. The van der Waals surface area contributed by atoms with E-state index in [1.807, 2.05) is 20.8 Å². The maximum Gasteiger partial charge on any atom is 0.246 e. The summed E-state index contributed by atoms with van der Waals surface area (Å²) >= 11 is 6.25. The van der Waals surface area contributed by atoms with E-state index in [9.17, 15) is 4.79 Å². The second-order valence-corrected chi connectivity index (χ2v) is 7.46. The van der Waals surface area contributed by atoms with Gasteiger partial charge >= 0.3 is 0 Å². The largest absolute Gasteiger partial charge is 0.490 e. The van der Waals surface area contributed by atoms with Crippen LogP contribution >= 0.6 is 11.6 Å². The average molecular weight is 380 g/mol. The molecule has 0 aliphatic carbocycles. The van der Waals surface area contributed by atoms with Crippen LogP contribution in [0, 0.1) is 0 Å². The summed E-state index contributed by atoms with van der Waals surface area (Å²) in [5.41, 5.74) is 1.22. The lowest BCUT2D eigenvalue weighted by Gasteiger charge is -2.13. The fraction of sp³-hybridized carbons (Fsp3) is 0.444. The zero-order valence-corrected chi connectivity index (χ0v) is 15.8. The molecule has 3 rings (SSSR count). The number of carbonyl (C=O) groups is 1. The van der Waals surface area contributed by atoms with Crippen LogP contribution in [0.4, 0.5) is 11.6 Å². The van der Waals surface area contributed by atoms with Gasteiger partial charge in [-0.3, -0.25) is 10.1 Å². The molecule has 0 spiro atoms. The Balaban J connectivity index is 1.61. The number of fused-ring (bicyclic) bond motifs is 1. The summed E-state index contributed by atoms with van der Waals surface area (Å²) in [7, 11) is 0. The monoisotopic (exact) mass is 379 g/mol. The van der Waals surface area contributed by atoms with Gasteiger partial charge in [0, 0.05) is 30.0 Å². The maximum absolute atomic E-state index is 12.1. The average Bonchev–Trinajstić information content (AvgIpc) is 2.92. The van der Waals surface area contributed by atoms with Crippen molar-refractivity contribution in [1.82, 2.24) is 5.16 Å². The van der Waals surface area contributed by atoms with Gasteiger partial charge in [-0.15, -0.1) is 0 Å². The molecule has 1 aliphatic rings. The molecule has 2 aromatic rings. The smallest absolute Gasteiger partial charge is 0.246 e. The van der Waals surface area contributed by atoms with Crippen molar-refractivity contribution in [2.75, 3.05) is 30.4 Å². The van der Waals surface area contributed by atoms with Crippen LogP contribution in [0.5, 0.6) is 11.5 Å². The molecule has 0 atom stereocenters. The minimum atomic E-state index is -0.273. The number of aromatic nitrogens is 1. The Kier molecular flexibility index (Phi) is 5.27. The van der Waals surface area contributed by atoms with Gasteiger partial charge < -0.3 is 19.3 Å². The number of benzene rings is 1. The molecule has 0 unspecified atom stereocenters. The molecular formula is C18H22ClN3O4. The van der Waals surface area contributed by atoms with Crippen molar-refractivity contribution in [3.05, 3.63) is 28.9 Å². The number of hydrogen-bond acceptors (Lipinski definition) is 6. The first kappa shape index (κ1) is 18.4. The molecule has 140 valence electrons. The molecule has 8 heteroatoms. The molecule has 1 aromatic heterocycles. The second kappa shape index (κ2) is 7.45. The fourth-order valence-corrected chi connectivity index (χ4v) is 2.58. The molecule has 0 saturated heterocycles. The number of hydrogen-bond donors (Lipinski definition) is 2. The van der Waals surface area contributed by atoms with Crippen LogP contribution in [-0.2, 0) is 10.2 Å². The Morgan fingerprint density at radius 1 is 1.19 bits per heavy atom. The van der Waals surface area contributed by atoms with Gasteiger partial charge in [0.05, 0.1) is 36.2 Å². The lowest BCUT2D eigenvalue weighted by atomic mass is 9.92. The van der Waals surface area contributed by atoms with Gasteiger partial charge in [-0.05, 0) is 0 Å². The van der Waals surface area contributed by atoms with Crippen molar-refractivity contribution < 1.29 is 18.8 Å². The number of nitrogens with zero attached hydrogens (tertiary/aromatic N) is 1. The Bertz CT molecular complexity index is 798. The Morgan fingerprint density at radius 2 is 1.88 bits per heavy atom. The molecule has 1 amide bonds. The summed E-state index contributed by atoms with van der Waals surface area (Å²) < 4.78 is 16.4. The molecule has 0 saturated carbocycles. The number of nitrogens with one attached hydrogen (secondary N) is 2. The van der Waals surface area contributed by atoms with Gasteiger partial charge in [0.15, 0.2) is 11.5 Å². The third-order valence-electron chi connectivity index (χ3n) is 3.82. The number of halogens is 1. The van der Waals surface area contributed by atoms with Crippen molar-refractivity contribution in [2.45, 2.75) is 32.6 Å². The highest BCUT2D eigenvalue weighted by Gasteiger charge is 2.20. The maximum atomic E-state index is 12.1. The SMILES string of the molecule is CC(C)(C)c1cc(NC(=O)CNc2cc3c(cc2Cl)OCCCO3)on1. The van der Waals surface area contributed by atoms with Crippen molar-refractivity contribution in [1.29, 1.82) is 0 Å². The lowest BCUT2D eigenvalue weighted by Crippen LogP contribution is -2.21. The van der Waals surface area contributed by atoms with E-state index in [0.717, 1.165) is 12.1 Å². The predicted octanol–water partition coefficient (Wildman–Crippen LogP) is 3.84. The molecule has 2 N–H and O–H groups in total. The fourth-order valence-electron chi connectivity index (χ4n) is 2.36. The molecule has 7 nitrogen and oxygen atoms in total. The van der Waals surface area contributed by atoms with E-state index < -0.39 is 0 Å². The number of carbonyl (C=O) groups excluding carboxylic acids is 1. The predicted molar refractivity (Wildman–Crippen MR) is 99.4 cm³/mol. The van der Waals surface area contributed by atoms with E-state index in [0.29, 0.717) is 41.3 Å². The third kappa shape index (κ3) is 4.40. The van der Waals surface area contributed by atoms with E-state index in [2.05, 4.69) is 15.8 Å². The van der Waals surface area contributed by atoms with E-state index in [1.165, 1.54) is 0 Å². The highest BCUT2D eigenvalue weighted by atomic mass is 35.5. The van der Waals surface area contributed by atoms with E-state index >= 15 is 0 Å². The highest BCUT2D eigenvalue weighted by Crippen LogP contribution is 2.37. The van der Waals surface area contributed by atoms with Crippen molar-refractivity contribution in [3.63, 3.8) is 0 Å². The molecule has 0 bridgehead atoms. The van der Waals surface area contributed by atoms with Gasteiger partial charge in [0.25, 0.3) is 0 Å². The van der Waals surface area contributed by atoms with Crippen LogP contribution in [-0.4, -0.2) is 30.8 Å². The summed E-state index contributed by atoms with van der Waals surface area (Å²) in [4.78, 5) is 12.1. The number of rotatable bonds is 4. The van der Waals surface area contributed by atoms with Gasteiger partial charge in [-0.1, -0.05) is 37.5 Å². The van der Waals surface area contributed by atoms with Crippen LogP contribution in [0.3, 0.4) is 0 Å². The summed E-state index contributed by atoms with van der Waals surface area (Å²) in [6, 6.07) is 5.15. The summed E-state index contributed by atoms with van der Waals surface area (Å²) in [5.74, 6) is 1.26. The first-order valence-corrected chi connectivity index (χ1v) is 8.81. The molecule has 1 aliphatic heterocycles. The molecule has 26 heavy (non-hydrogen) atoms. The van der Waals surface area contributed by atoms with Crippen LogP contribution in [0.25, 0.3) is 0 Å². The normalized spacial score (nSPS) is 13.8. The Hall–Kier alpha value is -2.41. The first-order chi connectivity index (χ1) is 12.3. The molecular weight excluding hydrogens is 358 g/mol. The Morgan fingerprint density at radius 3 is 2.54 bits per heavy atom. The van der Waals surface area contributed by atoms with Crippen molar-refractivity contribution >= 4 is 29.1 Å². The lowest BCUT2D eigenvalue weighted by molar-refractivity contribution is -0.114. The van der Waals surface area contributed by atoms with Crippen molar-refractivity contribution in [3.8, 4) is 11.5 Å². The summed E-state index contributed by atoms with van der Waals surface area (Å²) in [5, 5.41) is 10.1. The standard InChI is InChI=1S/C18H22ClN3O4/c1-18(2,3)15-9-17(26-22-15)21-16(23)10-20-12-8-14-13(7-11(12)19)24-5-4-6-25-14/h7-9,20H,4-6,10H2,1-3H3,(H,21,23). The van der Waals surface area contributed by atoms with Gasteiger partial charge in [-0.25, -0.2) is 0 Å².